The maximum absolute atomic E-state index is 5.84. The van der Waals surface area contributed by atoms with Gasteiger partial charge in [-0.15, -0.1) is 0 Å². The van der Waals surface area contributed by atoms with Gasteiger partial charge in [0.1, 0.15) is 11.5 Å². The fourth-order valence-corrected chi connectivity index (χ4v) is 1.61. The van der Waals surface area contributed by atoms with E-state index in [1.54, 1.807) is 7.11 Å². The molecule has 0 aliphatic heterocycles. The molecule has 0 atom stereocenters. The number of aryl methyl sites for hydroxylation is 1. The Bertz CT molecular complexity index is 475. The third kappa shape index (κ3) is 3.08. The molecule has 17 heavy (non-hydrogen) atoms. The molecule has 0 heterocycles. The molecular weight excluding hydrogens is 212 g/mol. The fourth-order valence-electron chi connectivity index (χ4n) is 1.61. The number of hydrogen-bond donors (Lipinski definition) is 0. The first-order valence-electron chi connectivity index (χ1n) is 5.61. The van der Waals surface area contributed by atoms with Gasteiger partial charge in [0.25, 0.3) is 0 Å². The van der Waals surface area contributed by atoms with E-state index in [1.165, 1.54) is 5.56 Å². The van der Waals surface area contributed by atoms with Gasteiger partial charge in [-0.05, 0) is 25.1 Å². The van der Waals surface area contributed by atoms with Gasteiger partial charge in [0.15, 0.2) is 0 Å². The lowest BCUT2D eigenvalue weighted by Crippen LogP contribution is -1.93. The summed E-state index contributed by atoms with van der Waals surface area (Å²) >= 11 is 0. The number of hydrogen-bond acceptors (Lipinski definition) is 2. The van der Waals surface area contributed by atoms with Crippen molar-refractivity contribution in [3.8, 4) is 11.5 Å². The summed E-state index contributed by atoms with van der Waals surface area (Å²) in [5.74, 6) is 1.69. The molecule has 2 rings (SSSR count). The van der Waals surface area contributed by atoms with Crippen LogP contribution >= 0.6 is 0 Å². The molecule has 0 N–H and O–H groups in total. The number of rotatable bonds is 4. The van der Waals surface area contributed by atoms with Gasteiger partial charge in [-0.1, -0.05) is 35.9 Å². The summed E-state index contributed by atoms with van der Waals surface area (Å²) in [6.07, 6.45) is 0. The highest BCUT2D eigenvalue weighted by atomic mass is 16.5. The lowest BCUT2D eigenvalue weighted by molar-refractivity contribution is 0.182. The Kier molecular flexibility index (Phi) is 3.78. The van der Waals surface area contributed by atoms with E-state index in [0.29, 0.717) is 6.61 Å². The zero-order valence-corrected chi connectivity index (χ0v) is 10.1. The van der Waals surface area contributed by atoms with Crippen molar-refractivity contribution in [3.63, 3.8) is 0 Å². The lowest BCUT2D eigenvalue weighted by Gasteiger charge is -2.10. The molecule has 0 amide bonds. The summed E-state index contributed by atoms with van der Waals surface area (Å²) in [5, 5.41) is 0. The van der Waals surface area contributed by atoms with Crippen LogP contribution in [0, 0.1) is 6.92 Å². The van der Waals surface area contributed by atoms with Crippen LogP contribution in [0.2, 0.25) is 0 Å². The molecule has 0 bridgehead atoms. The molecule has 0 aliphatic carbocycles. The zero-order valence-electron chi connectivity index (χ0n) is 10.1. The minimum atomic E-state index is 0.558. The quantitative estimate of drug-likeness (QED) is 0.789. The van der Waals surface area contributed by atoms with Gasteiger partial charge in [-0.2, -0.15) is 0 Å². The normalized spacial score (nSPS) is 10.2. The molecule has 2 nitrogen and oxygen atoms in total. The van der Waals surface area contributed by atoms with Crippen molar-refractivity contribution in [1.82, 2.24) is 0 Å². The Morgan fingerprint density at radius 1 is 0.941 bits per heavy atom. The number of para-hydroxylation sites is 1. The minimum Gasteiger partial charge on any atom is -0.457 e. The SMILES string of the molecule is COCc1ccccc1Oc1ccc(C)cc1. The van der Waals surface area contributed by atoms with Gasteiger partial charge in [0, 0.05) is 12.7 Å². The lowest BCUT2D eigenvalue weighted by atomic mass is 10.2. The summed E-state index contributed by atoms with van der Waals surface area (Å²) < 4.78 is 11.0. The van der Waals surface area contributed by atoms with Crippen molar-refractivity contribution >= 4 is 0 Å². The zero-order chi connectivity index (χ0) is 12.1. The second-order valence-corrected chi connectivity index (χ2v) is 3.96. The average molecular weight is 228 g/mol. The summed E-state index contributed by atoms with van der Waals surface area (Å²) in [7, 11) is 1.68. The van der Waals surface area contributed by atoms with Gasteiger partial charge in [-0.3, -0.25) is 0 Å². The maximum atomic E-state index is 5.84. The highest BCUT2D eigenvalue weighted by molar-refractivity contribution is 5.38. The molecule has 0 fully saturated rings. The van der Waals surface area contributed by atoms with E-state index in [9.17, 15) is 0 Å². The van der Waals surface area contributed by atoms with Crippen LogP contribution in [0.1, 0.15) is 11.1 Å². The first kappa shape index (κ1) is 11.7. The molecule has 0 unspecified atom stereocenters. The third-order valence-corrected chi connectivity index (χ3v) is 2.52. The van der Waals surface area contributed by atoms with Gasteiger partial charge in [-0.25, -0.2) is 0 Å². The summed E-state index contributed by atoms with van der Waals surface area (Å²) in [4.78, 5) is 0. The first-order valence-corrected chi connectivity index (χ1v) is 5.61. The van der Waals surface area contributed by atoms with Gasteiger partial charge >= 0.3 is 0 Å². The van der Waals surface area contributed by atoms with E-state index in [1.807, 2.05) is 48.5 Å². The van der Waals surface area contributed by atoms with Crippen LogP contribution in [0.5, 0.6) is 11.5 Å². The van der Waals surface area contributed by atoms with E-state index < -0.39 is 0 Å². The molecule has 0 saturated heterocycles. The highest BCUT2D eigenvalue weighted by Crippen LogP contribution is 2.25. The molecule has 2 heteroatoms. The summed E-state index contributed by atoms with van der Waals surface area (Å²) in [6, 6.07) is 15.9. The van der Waals surface area contributed by atoms with Crippen molar-refractivity contribution in [2.45, 2.75) is 13.5 Å². The Hall–Kier alpha value is -1.80. The third-order valence-electron chi connectivity index (χ3n) is 2.52. The van der Waals surface area contributed by atoms with E-state index in [0.717, 1.165) is 17.1 Å². The number of ether oxygens (including phenoxy) is 2. The van der Waals surface area contributed by atoms with Crippen molar-refractivity contribution in [2.24, 2.45) is 0 Å². The summed E-state index contributed by atoms with van der Waals surface area (Å²) in [5.41, 5.74) is 2.28. The number of benzene rings is 2. The molecule has 2 aromatic carbocycles. The van der Waals surface area contributed by atoms with Crippen molar-refractivity contribution in [2.75, 3.05) is 7.11 Å². The highest BCUT2D eigenvalue weighted by Gasteiger charge is 2.03. The van der Waals surface area contributed by atoms with Crippen LogP contribution in [0.3, 0.4) is 0 Å². The van der Waals surface area contributed by atoms with Crippen molar-refractivity contribution in [3.05, 3.63) is 59.7 Å². The second-order valence-electron chi connectivity index (χ2n) is 3.96. The molecular formula is C15H16O2. The largest absolute Gasteiger partial charge is 0.457 e. The van der Waals surface area contributed by atoms with Crippen LogP contribution in [-0.4, -0.2) is 7.11 Å². The standard InChI is InChI=1S/C15H16O2/c1-12-7-9-14(10-8-12)17-15-6-4-3-5-13(15)11-16-2/h3-10H,11H2,1-2H3. The van der Waals surface area contributed by atoms with Crippen LogP contribution in [-0.2, 0) is 11.3 Å². The van der Waals surface area contributed by atoms with Crippen LogP contribution in [0.15, 0.2) is 48.5 Å². The van der Waals surface area contributed by atoms with E-state index in [2.05, 4.69) is 6.92 Å². The summed E-state index contributed by atoms with van der Waals surface area (Å²) in [6.45, 7) is 2.62. The molecule has 88 valence electrons. The molecule has 0 aromatic heterocycles. The predicted molar refractivity (Wildman–Crippen MR) is 68.4 cm³/mol. The molecule has 0 radical (unpaired) electrons. The van der Waals surface area contributed by atoms with Crippen LogP contribution < -0.4 is 4.74 Å². The van der Waals surface area contributed by atoms with E-state index >= 15 is 0 Å². The van der Waals surface area contributed by atoms with E-state index in [4.69, 9.17) is 9.47 Å². The monoisotopic (exact) mass is 228 g/mol. The average Bonchev–Trinajstić information content (AvgIpc) is 2.35. The molecule has 0 aliphatic rings. The van der Waals surface area contributed by atoms with Crippen molar-refractivity contribution in [1.29, 1.82) is 0 Å². The minimum absolute atomic E-state index is 0.558. The topological polar surface area (TPSA) is 18.5 Å². The Balaban J connectivity index is 2.20. The Morgan fingerprint density at radius 3 is 2.35 bits per heavy atom. The number of methoxy groups -OCH3 is 1. The van der Waals surface area contributed by atoms with Crippen LogP contribution in [0.25, 0.3) is 0 Å². The molecule has 2 aromatic rings. The van der Waals surface area contributed by atoms with E-state index in [-0.39, 0.29) is 0 Å². The van der Waals surface area contributed by atoms with Gasteiger partial charge in [0.2, 0.25) is 0 Å². The van der Waals surface area contributed by atoms with Gasteiger partial charge in [0.05, 0.1) is 6.61 Å². The predicted octanol–water partition coefficient (Wildman–Crippen LogP) is 3.93. The molecule has 0 saturated carbocycles. The maximum Gasteiger partial charge on any atom is 0.132 e. The first-order chi connectivity index (χ1) is 8.29. The Labute approximate surface area is 102 Å². The molecule has 0 spiro atoms. The second kappa shape index (κ2) is 5.51. The fraction of sp³-hybridized carbons (Fsp3) is 0.200. The van der Waals surface area contributed by atoms with Crippen LogP contribution in [0.4, 0.5) is 0 Å². The van der Waals surface area contributed by atoms with Crippen molar-refractivity contribution < 1.29 is 9.47 Å². The Morgan fingerprint density at radius 2 is 1.65 bits per heavy atom. The smallest absolute Gasteiger partial charge is 0.132 e. The van der Waals surface area contributed by atoms with Gasteiger partial charge < -0.3 is 9.47 Å².